The van der Waals surface area contributed by atoms with Crippen LogP contribution in [-0.4, -0.2) is 47.4 Å². The van der Waals surface area contributed by atoms with Crippen LogP contribution in [0.15, 0.2) is 48.5 Å². The molecule has 2 aromatic rings. The van der Waals surface area contributed by atoms with E-state index in [1.54, 1.807) is 0 Å². The van der Waals surface area contributed by atoms with Crippen LogP contribution in [0.25, 0.3) is 0 Å². The summed E-state index contributed by atoms with van der Waals surface area (Å²) < 4.78 is 5.83. The molecule has 0 saturated carbocycles. The Kier molecular flexibility index (Phi) is 11.4. The van der Waals surface area contributed by atoms with Crippen LogP contribution in [-0.2, 0) is 11.2 Å². The topological polar surface area (TPSA) is 99.7 Å². The number of carbonyl (C=O) groups is 2. The molecule has 3 amide bonds. The molecule has 0 aliphatic heterocycles. The van der Waals surface area contributed by atoms with Gasteiger partial charge in [-0.05, 0) is 76.5 Å². The third kappa shape index (κ3) is 11.3. The highest BCUT2D eigenvalue weighted by atomic mass is 16.5. The smallest absolute Gasteiger partial charge is 0.315 e. The highest BCUT2D eigenvalue weighted by molar-refractivity contribution is 5.78. The van der Waals surface area contributed by atoms with Gasteiger partial charge in [0.15, 0.2) is 6.61 Å². The van der Waals surface area contributed by atoms with Crippen LogP contribution < -0.4 is 20.7 Å². The molecule has 0 radical (unpaired) electrons. The zero-order chi connectivity index (χ0) is 27.6. The second-order valence-electron chi connectivity index (χ2n) is 11.4. The molecular weight excluding hydrogens is 466 g/mol. The third-order valence-electron chi connectivity index (χ3n) is 5.97. The van der Waals surface area contributed by atoms with E-state index in [4.69, 9.17) is 4.74 Å². The Bertz CT molecular complexity index is 981. The minimum Gasteiger partial charge on any atom is -0.483 e. The number of hydrogen-bond donors (Lipinski definition) is 4. The Hall–Kier alpha value is -3.06. The molecule has 7 heteroatoms. The van der Waals surface area contributed by atoms with Gasteiger partial charge in [-0.25, -0.2) is 4.79 Å². The van der Waals surface area contributed by atoms with Gasteiger partial charge in [-0.2, -0.15) is 0 Å². The van der Waals surface area contributed by atoms with Gasteiger partial charge in [0.25, 0.3) is 5.91 Å². The molecule has 0 aliphatic rings. The van der Waals surface area contributed by atoms with E-state index in [9.17, 15) is 14.7 Å². The van der Waals surface area contributed by atoms with Crippen LogP contribution in [0.1, 0.15) is 64.2 Å². The molecule has 3 unspecified atom stereocenters. The standard InChI is InChI=1S/C30H45N3O4/c1-20(2)16-24(31-29(36)33-30(5,6)7)18-26(34)25(17-23-14-9-8-10-15-23)32-27(35)19-37-28-21(3)12-11-13-22(28)4/h8-15,20,24-26,34H,16-19H2,1-7H3,(H,32,35)(H2,31,33,36). The fraction of sp³-hybridized carbons (Fsp3) is 0.533. The van der Waals surface area contributed by atoms with Crippen LogP contribution >= 0.6 is 0 Å². The number of urea groups is 1. The zero-order valence-electron chi connectivity index (χ0n) is 23.4. The van der Waals surface area contributed by atoms with Gasteiger partial charge < -0.3 is 25.8 Å². The highest BCUT2D eigenvalue weighted by Crippen LogP contribution is 2.22. The van der Waals surface area contributed by atoms with Gasteiger partial charge in [0.05, 0.1) is 12.1 Å². The van der Waals surface area contributed by atoms with E-state index < -0.39 is 12.1 Å². The van der Waals surface area contributed by atoms with Crippen molar-refractivity contribution in [2.75, 3.05) is 6.61 Å². The molecule has 204 valence electrons. The molecule has 2 aromatic carbocycles. The Morgan fingerprint density at radius 1 is 0.919 bits per heavy atom. The molecule has 0 bridgehead atoms. The molecule has 0 fully saturated rings. The highest BCUT2D eigenvalue weighted by Gasteiger charge is 2.27. The summed E-state index contributed by atoms with van der Waals surface area (Å²) >= 11 is 0. The Labute approximate surface area is 222 Å². The predicted octanol–water partition coefficient (Wildman–Crippen LogP) is 4.67. The number of nitrogens with one attached hydrogen (secondary N) is 3. The van der Waals surface area contributed by atoms with Gasteiger partial charge in [0.1, 0.15) is 5.75 Å². The lowest BCUT2D eigenvalue weighted by atomic mass is 9.92. The Morgan fingerprint density at radius 2 is 1.54 bits per heavy atom. The summed E-state index contributed by atoms with van der Waals surface area (Å²) in [7, 11) is 0. The maximum atomic E-state index is 12.9. The number of carbonyl (C=O) groups excluding carboxylic acids is 2. The van der Waals surface area contributed by atoms with Gasteiger partial charge >= 0.3 is 6.03 Å². The average molecular weight is 512 g/mol. The number of rotatable bonds is 12. The molecule has 0 aliphatic carbocycles. The minimum absolute atomic E-state index is 0.147. The maximum absolute atomic E-state index is 12.9. The van der Waals surface area contributed by atoms with Crippen molar-refractivity contribution in [3.05, 3.63) is 65.2 Å². The molecule has 2 rings (SSSR count). The summed E-state index contributed by atoms with van der Waals surface area (Å²) in [6.07, 6.45) is 0.601. The first-order chi connectivity index (χ1) is 17.3. The first-order valence-corrected chi connectivity index (χ1v) is 13.1. The van der Waals surface area contributed by atoms with E-state index >= 15 is 0 Å². The van der Waals surface area contributed by atoms with Crippen molar-refractivity contribution in [2.45, 2.75) is 91.5 Å². The molecular formula is C30H45N3O4. The number of ether oxygens (including phenoxy) is 1. The number of aliphatic hydroxyl groups is 1. The number of para-hydroxylation sites is 1. The predicted molar refractivity (Wildman–Crippen MR) is 149 cm³/mol. The van der Waals surface area contributed by atoms with E-state index in [1.165, 1.54) is 0 Å². The average Bonchev–Trinajstić information content (AvgIpc) is 2.77. The summed E-state index contributed by atoms with van der Waals surface area (Å²) in [5, 5.41) is 20.2. The summed E-state index contributed by atoms with van der Waals surface area (Å²) in [4.78, 5) is 25.5. The first kappa shape index (κ1) is 30.2. The summed E-state index contributed by atoms with van der Waals surface area (Å²) in [5.74, 6) is 0.713. The summed E-state index contributed by atoms with van der Waals surface area (Å²) in [5.41, 5.74) is 2.56. The van der Waals surface area contributed by atoms with Gasteiger partial charge in [-0.3, -0.25) is 4.79 Å². The van der Waals surface area contributed by atoms with E-state index in [0.29, 0.717) is 30.9 Å². The van der Waals surface area contributed by atoms with Crippen LogP contribution in [0.5, 0.6) is 5.75 Å². The van der Waals surface area contributed by atoms with Crippen LogP contribution in [0.3, 0.4) is 0 Å². The second kappa shape index (κ2) is 14.0. The molecule has 4 N–H and O–H groups in total. The van der Waals surface area contributed by atoms with Gasteiger partial charge in [-0.1, -0.05) is 62.4 Å². The SMILES string of the molecule is Cc1cccc(C)c1OCC(=O)NC(Cc1ccccc1)C(O)CC(CC(C)C)NC(=O)NC(C)(C)C. The lowest BCUT2D eigenvalue weighted by Crippen LogP contribution is -2.52. The molecule has 37 heavy (non-hydrogen) atoms. The molecule has 0 spiro atoms. The largest absolute Gasteiger partial charge is 0.483 e. The minimum atomic E-state index is -0.872. The van der Waals surface area contributed by atoms with Crippen LogP contribution in [0.2, 0.25) is 0 Å². The van der Waals surface area contributed by atoms with Crippen molar-refractivity contribution in [2.24, 2.45) is 5.92 Å². The Balaban J connectivity index is 2.12. The molecule has 0 saturated heterocycles. The molecule has 3 atom stereocenters. The van der Waals surface area contributed by atoms with Crippen molar-refractivity contribution < 1.29 is 19.4 Å². The first-order valence-electron chi connectivity index (χ1n) is 13.1. The quantitative estimate of drug-likeness (QED) is 0.333. The molecule has 0 aromatic heterocycles. The van der Waals surface area contributed by atoms with Gasteiger partial charge in [0, 0.05) is 11.6 Å². The number of aliphatic hydroxyl groups excluding tert-OH is 1. The lowest BCUT2D eigenvalue weighted by molar-refractivity contribution is -0.124. The van der Waals surface area contributed by atoms with Gasteiger partial charge in [-0.15, -0.1) is 0 Å². The number of aryl methyl sites for hydroxylation is 2. The van der Waals surface area contributed by atoms with E-state index in [0.717, 1.165) is 16.7 Å². The van der Waals surface area contributed by atoms with Crippen LogP contribution in [0, 0.1) is 19.8 Å². The van der Waals surface area contributed by atoms with Crippen molar-refractivity contribution in [3.63, 3.8) is 0 Å². The van der Waals surface area contributed by atoms with Crippen LogP contribution in [0.4, 0.5) is 4.79 Å². The number of hydrogen-bond acceptors (Lipinski definition) is 4. The number of amides is 3. The lowest BCUT2D eigenvalue weighted by Gasteiger charge is -2.30. The normalized spacial score (nSPS) is 14.0. The third-order valence-corrected chi connectivity index (χ3v) is 5.97. The van der Waals surface area contributed by atoms with Crippen molar-refractivity contribution in [3.8, 4) is 5.75 Å². The Morgan fingerprint density at radius 3 is 2.11 bits per heavy atom. The monoisotopic (exact) mass is 511 g/mol. The fourth-order valence-corrected chi connectivity index (χ4v) is 4.37. The van der Waals surface area contributed by atoms with Gasteiger partial charge in [0.2, 0.25) is 0 Å². The summed E-state index contributed by atoms with van der Waals surface area (Å²) in [6, 6.07) is 14.5. The van der Waals surface area contributed by atoms with E-state index in [1.807, 2.05) is 83.1 Å². The van der Waals surface area contributed by atoms with Crippen molar-refractivity contribution in [1.29, 1.82) is 0 Å². The summed E-state index contributed by atoms with van der Waals surface area (Å²) in [6.45, 7) is 13.7. The molecule has 7 nitrogen and oxygen atoms in total. The second-order valence-corrected chi connectivity index (χ2v) is 11.4. The van der Waals surface area contributed by atoms with E-state index in [2.05, 4.69) is 29.8 Å². The molecule has 0 heterocycles. The maximum Gasteiger partial charge on any atom is 0.315 e. The zero-order valence-corrected chi connectivity index (χ0v) is 23.4. The fourth-order valence-electron chi connectivity index (χ4n) is 4.37. The van der Waals surface area contributed by atoms with Crippen molar-refractivity contribution in [1.82, 2.24) is 16.0 Å². The van der Waals surface area contributed by atoms with Crippen molar-refractivity contribution >= 4 is 11.9 Å². The number of benzene rings is 2. The van der Waals surface area contributed by atoms with E-state index in [-0.39, 0.29) is 30.1 Å².